The molecule has 3 aromatic rings. The SMILES string of the molecule is CC(=O)NC1CCN(CC2Cc3ccc(Oc4ccc(-c5ccnn5COCC[Si](C)(C)C)cn4)cc3O2)CC1. The highest BCUT2D eigenvalue weighted by Gasteiger charge is 2.28. The maximum Gasteiger partial charge on any atom is 0.219 e. The molecular weight excluding hydrogens is 522 g/mol. The van der Waals surface area contributed by atoms with E-state index < -0.39 is 8.07 Å². The summed E-state index contributed by atoms with van der Waals surface area (Å²) in [5.41, 5.74) is 3.12. The summed E-state index contributed by atoms with van der Waals surface area (Å²) in [5, 5.41) is 7.46. The molecule has 214 valence electrons. The highest BCUT2D eigenvalue weighted by Crippen LogP contribution is 2.34. The Balaban J connectivity index is 1.12. The average Bonchev–Trinajstić information content (AvgIpc) is 3.54. The molecular formula is C30H41N5O4Si. The first-order valence-corrected chi connectivity index (χ1v) is 18.0. The van der Waals surface area contributed by atoms with Gasteiger partial charge in [0.2, 0.25) is 11.8 Å². The van der Waals surface area contributed by atoms with Crippen molar-refractivity contribution in [2.45, 2.75) is 70.7 Å². The lowest BCUT2D eigenvalue weighted by Gasteiger charge is -2.33. The van der Waals surface area contributed by atoms with Crippen molar-refractivity contribution >= 4 is 14.0 Å². The number of nitrogens with one attached hydrogen (secondary N) is 1. The largest absolute Gasteiger partial charge is 0.488 e. The first kappa shape index (κ1) is 28.3. The molecule has 10 heteroatoms. The van der Waals surface area contributed by atoms with Gasteiger partial charge in [-0.2, -0.15) is 5.10 Å². The summed E-state index contributed by atoms with van der Waals surface area (Å²) in [6.45, 7) is 12.7. The van der Waals surface area contributed by atoms with E-state index in [0.717, 1.165) is 68.6 Å². The number of likely N-dealkylation sites (tertiary alicyclic amines) is 1. The quantitative estimate of drug-likeness (QED) is 0.261. The van der Waals surface area contributed by atoms with Crippen molar-refractivity contribution in [3.8, 4) is 28.6 Å². The fourth-order valence-corrected chi connectivity index (χ4v) is 5.96. The van der Waals surface area contributed by atoms with Gasteiger partial charge in [-0.15, -0.1) is 0 Å². The van der Waals surface area contributed by atoms with E-state index in [1.165, 1.54) is 5.56 Å². The van der Waals surface area contributed by atoms with E-state index in [9.17, 15) is 4.79 Å². The molecule has 5 rings (SSSR count). The van der Waals surface area contributed by atoms with Crippen LogP contribution in [0.3, 0.4) is 0 Å². The summed E-state index contributed by atoms with van der Waals surface area (Å²) in [7, 11) is -1.12. The number of benzene rings is 1. The smallest absolute Gasteiger partial charge is 0.219 e. The van der Waals surface area contributed by atoms with Crippen LogP contribution < -0.4 is 14.8 Å². The van der Waals surface area contributed by atoms with E-state index in [-0.39, 0.29) is 12.0 Å². The van der Waals surface area contributed by atoms with Crippen LogP contribution in [0, 0.1) is 0 Å². The van der Waals surface area contributed by atoms with E-state index in [1.807, 2.05) is 35.0 Å². The Hall–Kier alpha value is -3.21. The molecule has 0 bridgehead atoms. The number of hydrogen-bond donors (Lipinski definition) is 1. The summed E-state index contributed by atoms with van der Waals surface area (Å²) in [6.07, 6.45) is 6.58. The molecule has 0 aliphatic carbocycles. The highest BCUT2D eigenvalue weighted by atomic mass is 28.3. The number of pyridine rings is 1. The zero-order valence-corrected chi connectivity index (χ0v) is 25.1. The van der Waals surface area contributed by atoms with E-state index >= 15 is 0 Å². The zero-order valence-electron chi connectivity index (χ0n) is 24.1. The van der Waals surface area contributed by atoms with Crippen molar-refractivity contribution in [2.24, 2.45) is 0 Å². The first-order valence-electron chi connectivity index (χ1n) is 14.2. The standard InChI is InChI=1S/C30H41N5O4Si/c1-22(36)33-25-10-13-34(14-11-25)20-27-17-23-5-7-26(18-29(23)38-27)39-30-8-6-24(19-31-30)28-9-12-32-35(28)21-37-15-16-40(2,3)4/h5-9,12,18-19,25,27H,10-11,13-17,20-21H2,1-4H3,(H,33,36). The van der Waals surface area contributed by atoms with Crippen molar-refractivity contribution in [1.82, 2.24) is 25.0 Å². The molecule has 2 aliphatic rings. The molecule has 1 N–H and O–H groups in total. The van der Waals surface area contributed by atoms with Gasteiger partial charge in [0.15, 0.2) is 0 Å². The topological polar surface area (TPSA) is 90.7 Å². The molecule has 1 fully saturated rings. The van der Waals surface area contributed by atoms with Crippen LogP contribution >= 0.6 is 0 Å². The summed E-state index contributed by atoms with van der Waals surface area (Å²) in [5.74, 6) is 2.16. The van der Waals surface area contributed by atoms with Gasteiger partial charge >= 0.3 is 0 Å². The van der Waals surface area contributed by atoms with Gasteiger partial charge in [-0.25, -0.2) is 9.67 Å². The Morgan fingerprint density at radius 1 is 1.15 bits per heavy atom. The van der Waals surface area contributed by atoms with Crippen molar-refractivity contribution < 1.29 is 19.0 Å². The molecule has 1 amide bonds. The van der Waals surface area contributed by atoms with Crippen LogP contribution in [0.5, 0.6) is 17.4 Å². The zero-order chi connectivity index (χ0) is 28.1. The van der Waals surface area contributed by atoms with Gasteiger partial charge in [-0.3, -0.25) is 9.69 Å². The molecule has 0 radical (unpaired) electrons. The van der Waals surface area contributed by atoms with Gasteiger partial charge in [0.1, 0.15) is 24.3 Å². The number of hydrogen-bond acceptors (Lipinski definition) is 7. The van der Waals surface area contributed by atoms with Gasteiger partial charge < -0.3 is 19.5 Å². The molecule has 1 atom stereocenters. The summed E-state index contributed by atoms with van der Waals surface area (Å²) >= 11 is 0. The van der Waals surface area contributed by atoms with Crippen molar-refractivity contribution in [3.05, 3.63) is 54.4 Å². The van der Waals surface area contributed by atoms with Crippen LogP contribution in [0.25, 0.3) is 11.3 Å². The summed E-state index contributed by atoms with van der Waals surface area (Å²) in [4.78, 5) is 18.3. The minimum absolute atomic E-state index is 0.0540. The number of piperidine rings is 1. The molecule has 0 saturated carbocycles. The fourth-order valence-electron chi connectivity index (χ4n) is 5.20. The summed E-state index contributed by atoms with van der Waals surface area (Å²) in [6, 6.07) is 13.3. The van der Waals surface area contributed by atoms with Crippen molar-refractivity contribution in [1.29, 1.82) is 0 Å². The lowest BCUT2D eigenvalue weighted by atomic mass is 10.0. The lowest BCUT2D eigenvalue weighted by Crippen LogP contribution is -2.46. The number of fused-ring (bicyclic) bond motifs is 1. The van der Waals surface area contributed by atoms with E-state index in [2.05, 4.69) is 46.0 Å². The molecule has 1 aromatic carbocycles. The number of carbonyl (C=O) groups is 1. The molecule has 1 saturated heterocycles. The van der Waals surface area contributed by atoms with Gasteiger partial charge in [0.05, 0.1) is 5.69 Å². The monoisotopic (exact) mass is 563 g/mol. The van der Waals surface area contributed by atoms with E-state index in [1.54, 1.807) is 19.3 Å². The third-order valence-corrected chi connectivity index (χ3v) is 9.12. The Kier molecular flexibility index (Phi) is 8.87. The van der Waals surface area contributed by atoms with Crippen molar-refractivity contribution in [2.75, 3.05) is 26.2 Å². The predicted octanol–water partition coefficient (Wildman–Crippen LogP) is 4.95. The molecule has 1 unspecified atom stereocenters. The predicted molar refractivity (Wildman–Crippen MR) is 157 cm³/mol. The average molecular weight is 564 g/mol. The van der Waals surface area contributed by atoms with E-state index in [0.29, 0.717) is 24.4 Å². The second-order valence-electron chi connectivity index (χ2n) is 12.0. The molecule has 40 heavy (non-hydrogen) atoms. The minimum Gasteiger partial charge on any atom is -0.488 e. The number of carbonyl (C=O) groups excluding carboxylic acids is 1. The molecule has 2 aliphatic heterocycles. The van der Waals surface area contributed by atoms with Crippen LogP contribution in [0.4, 0.5) is 0 Å². The van der Waals surface area contributed by atoms with Gasteiger partial charge in [0, 0.05) is 83.8 Å². The second-order valence-corrected chi connectivity index (χ2v) is 17.7. The van der Waals surface area contributed by atoms with Crippen LogP contribution in [-0.2, 0) is 22.7 Å². The molecule has 0 spiro atoms. The first-order chi connectivity index (χ1) is 19.2. The van der Waals surface area contributed by atoms with Gasteiger partial charge in [-0.05, 0) is 42.6 Å². The maximum atomic E-state index is 11.3. The Morgan fingerprint density at radius 2 is 1.98 bits per heavy atom. The Labute approximate surface area is 237 Å². The fraction of sp³-hybridized carbons (Fsp3) is 0.500. The number of nitrogens with zero attached hydrogens (tertiary/aromatic N) is 4. The third-order valence-electron chi connectivity index (χ3n) is 7.42. The van der Waals surface area contributed by atoms with Crippen LogP contribution in [-0.4, -0.2) is 72.0 Å². The Bertz CT molecular complexity index is 1280. The number of amides is 1. The van der Waals surface area contributed by atoms with E-state index in [4.69, 9.17) is 14.2 Å². The number of ether oxygens (including phenoxy) is 3. The van der Waals surface area contributed by atoms with Gasteiger partial charge in [0.25, 0.3) is 0 Å². The van der Waals surface area contributed by atoms with Crippen molar-refractivity contribution in [3.63, 3.8) is 0 Å². The normalized spacial score (nSPS) is 17.9. The molecule has 4 heterocycles. The van der Waals surface area contributed by atoms with Gasteiger partial charge in [-0.1, -0.05) is 25.7 Å². The minimum atomic E-state index is -1.12. The molecule has 9 nitrogen and oxygen atoms in total. The number of rotatable bonds is 11. The molecule has 2 aromatic heterocycles. The number of aromatic nitrogens is 3. The lowest BCUT2D eigenvalue weighted by molar-refractivity contribution is -0.120. The van der Waals surface area contributed by atoms with Crippen LogP contribution in [0.1, 0.15) is 25.3 Å². The second kappa shape index (κ2) is 12.5. The van der Waals surface area contributed by atoms with Crippen LogP contribution in [0.2, 0.25) is 25.7 Å². The Morgan fingerprint density at radius 3 is 2.70 bits per heavy atom. The third kappa shape index (κ3) is 7.71. The maximum absolute atomic E-state index is 11.3. The van der Waals surface area contributed by atoms with Crippen LogP contribution in [0.15, 0.2) is 48.8 Å². The summed E-state index contributed by atoms with van der Waals surface area (Å²) < 4.78 is 20.1. The highest BCUT2D eigenvalue weighted by molar-refractivity contribution is 6.76.